The van der Waals surface area contributed by atoms with Crippen LogP contribution in [0.2, 0.25) is 0 Å². The van der Waals surface area contributed by atoms with Gasteiger partial charge >= 0.3 is 0 Å². The predicted molar refractivity (Wildman–Crippen MR) is 50.8 cm³/mol. The Labute approximate surface area is 81.4 Å². The van der Waals surface area contributed by atoms with Crippen molar-refractivity contribution in [3.63, 3.8) is 0 Å². The van der Waals surface area contributed by atoms with Gasteiger partial charge in [0.05, 0.1) is 18.2 Å². The Balaban J connectivity index is 2.50. The van der Waals surface area contributed by atoms with Gasteiger partial charge in [0.2, 0.25) is 5.91 Å². The van der Waals surface area contributed by atoms with Crippen molar-refractivity contribution >= 4 is 11.6 Å². The molecule has 1 atom stereocenters. The maximum Gasteiger partial charge on any atom is 0.238 e. The molecule has 14 heavy (non-hydrogen) atoms. The monoisotopic (exact) mass is 193 g/mol. The van der Waals surface area contributed by atoms with Gasteiger partial charge in [-0.3, -0.25) is 9.69 Å². The van der Waals surface area contributed by atoms with E-state index in [4.69, 9.17) is 10.2 Å². The van der Waals surface area contributed by atoms with Gasteiger partial charge in [0.15, 0.2) is 0 Å². The number of hydrogen-bond donors (Lipinski definition) is 2. The average Bonchev–Trinajstić information content (AvgIpc) is 2.49. The molecule has 1 aromatic rings. The lowest BCUT2D eigenvalue weighted by Crippen LogP contribution is -2.30. The fraction of sp³-hybridized carbons (Fsp3) is 0.300. The third-order valence-corrected chi connectivity index (χ3v) is 2.49. The zero-order valence-corrected chi connectivity index (χ0v) is 7.55. The van der Waals surface area contributed by atoms with E-state index in [1.165, 1.54) is 4.90 Å². The number of carbonyl (C=O) groups is 1. The summed E-state index contributed by atoms with van der Waals surface area (Å²) in [5.41, 5.74) is 1.48. The van der Waals surface area contributed by atoms with E-state index >= 15 is 0 Å². The van der Waals surface area contributed by atoms with Crippen molar-refractivity contribution < 1.29 is 15.0 Å². The van der Waals surface area contributed by atoms with E-state index in [1.807, 2.05) is 6.07 Å². The van der Waals surface area contributed by atoms with Crippen molar-refractivity contribution in [3.05, 3.63) is 29.8 Å². The first-order valence-corrected chi connectivity index (χ1v) is 4.41. The number of benzene rings is 1. The van der Waals surface area contributed by atoms with Gasteiger partial charge in [0.25, 0.3) is 0 Å². The van der Waals surface area contributed by atoms with Crippen molar-refractivity contribution in [2.24, 2.45) is 0 Å². The van der Waals surface area contributed by atoms with Crippen molar-refractivity contribution in [1.29, 1.82) is 0 Å². The van der Waals surface area contributed by atoms with E-state index in [1.54, 1.807) is 18.2 Å². The molecule has 0 saturated carbocycles. The average molecular weight is 193 g/mol. The molecule has 1 aliphatic rings. The largest absolute Gasteiger partial charge is 0.395 e. The molecule has 0 radical (unpaired) electrons. The van der Waals surface area contributed by atoms with E-state index in [-0.39, 0.29) is 19.2 Å². The summed E-state index contributed by atoms with van der Waals surface area (Å²) in [7, 11) is 0. The molecule has 0 bridgehead atoms. The molecule has 1 amide bonds. The van der Waals surface area contributed by atoms with Gasteiger partial charge in [-0.05, 0) is 11.6 Å². The Morgan fingerprint density at radius 1 is 1.29 bits per heavy atom. The smallest absolute Gasteiger partial charge is 0.238 e. The topological polar surface area (TPSA) is 60.8 Å². The summed E-state index contributed by atoms with van der Waals surface area (Å²) in [6.07, 6.45) is 0. The standard InChI is InChI=1S/C10H11NO3/c12-5-8-7-3-1-2-4-9(7)11(6-13)10(8)14/h1-4,8,12-13H,5-6H2. The first kappa shape index (κ1) is 9.18. The molecule has 1 aromatic carbocycles. The van der Waals surface area contributed by atoms with Crippen LogP contribution in [0.5, 0.6) is 0 Å². The van der Waals surface area contributed by atoms with Crippen LogP contribution >= 0.6 is 0 Å². The summed E-state index contributed by atoms with van der Waals surface area (Å²) in [5, 5.41) is 18.1. The molecule has 0 aromatic heterocycles. The number of anilines is 1. The number of carbonyl (C=O) groups excluding carboxylic acids is 1. The number of hydrogen-bond acceptors (Lipinski definition) is 3. The highest BCUT2D eigenvalue weighted by Gasteiger charge is 2.35. The van der Waals surface area contributed by atoms with Gasteiger partial charge < -0.3 is 10.2 Å². The lowest BCUT2D eigenvalue weighted by atomic mass is 10.0. The minimum absolute atomic E-state index is 0.216. The first-order chi connectivity index (χ1) is 6.79. The van der Waals surface area contributed by atoms with Crippen molar-refractivity contribution in [3.8, 4) is 0 Å². The highest BCUT2D eigenvalue weighted by Crippen LogP contribution is 2.36. The van der Waals surface area contributed by atoms with Crippen LogP contribution in [0, 0.1) is 0 Å². The lowest BCUT2D eigenvalue weighted by molar-refractivity contribution is -0.120. The molecule has 1 heterocycles. The van der Waals surface area contributed by atoms with Gasteiger partial charge in [0, 0.05) is 0 Å². The summed E-state index contributed by atoms with van der Waals surface area (Å²) in [4.78, 5) is 12.9. The second kappa shape index (κ2) is 3.40. The molecule has 4 nitrogen and oxygen atoms in total. The lowest BCUT2D eigenvalue weighted by Gasteiger charge is -2.13. The number of aliphatic hydroxyl groups is 2. The number of para-hydroxylation sites is 1. The van der Waals surface area contributed by atoms with Crippen LogP contribution in [-0.4, -0.2) is 29.5 Å². The Kier molecular flexibility index (Phi) is 2.23. The summed E-state index contributed by atoms with van der Waals surface area (Å²) >= 11 is 0. The molecule has 0 spiro atoms. The summed E-state index contributed by atoms with van der Waals surface area (Å²) in [6.45, 7) is -0.557. The van der Waals surface area contributed by atoms with Crippen LogP contribution in [0.1, 0.15) is 11.5 Å². The Hall–Kier alpha value is -1.39. The van der Waals surface area contributed by atoms with Crippen molar-refractivity contribution in [2.75, 3.05) is 18.2 Å². The highest BCUT2D eigenvalue weighted by molar-refractivity contribution is 6.04. The minimum atomic E-state index is -0.515. The summed E-state index contributed by atoms with van der Waals surface area (Å²) < 4.78 is 0. The third kappa shape index (κ3) is 1.12. The molecule has 1 aliphatic heterocycles. The number of rotatable bonds is 2. The maximum atomic E-state index is 11.6. The molecular formula is C10H11NO3. The van der Waals surface area contributed by atoms with Crippen molar-refractivity contribution in [2.45, 2.75) is 5.92 Å². The first-order valence-electron chi connectivity index (χ1n) is 4.41. The Morgan fingerprint density at radius 3 is 2.64 bits per heavy atom. The van der Waals surface area contributed by atoms with Gasteiger partial charge in [0.1, 0.15) is 6.73 Å². The van der Waals surface area contributed by atoms with E-state index in [0.717, 1.165) is 5.56 Å². The molecule has 74 valence electrons. The molecule has 0 fully saturated rings. The zero-order valence-electron chi connectivity index (χ0n) is 7.55. The van der Waals surface area contributed by atoms with Crippen LogP contribution in [0.15, 0.2) is 24.3 Å². The molecule has 4 heteroatoms. The second-order valence-electron chi connectivity index (χ2n) is 3.20. The summed E-state index contributed by atoms with van der Waals surface area (Å²) in [5.74, 6) is -0.755. The normalized spacial score (nSPS) is 20.0. The van der Waals surface area contributed by atoms with Gasteiger partial charge in [-0.2, -0.15) is 0 Å². The highest BCUT2D eigenvalue weighted by atomic mass is 16.3. The van der Waals surface area contributed by atoms with Crippen molar-refractivity contribution in [1.82, 2.24) is 0 Å². The number of aliphatic hydroxyl groups excluding tert-OH is 2. The SMILES string of the molecule is O=C1C(CO)c2ccccc2N1CO. The molecule has 0 saturated heterocycles. The Morgan fingerprint density at radius 2 is 2.00 bits per heavy atom. The summed E-state index contributed by atoms with van der Waals surface area (Å²) in [6, 6.07) is 7.17. The van der Waals surface area contributed by atoms with E-state index in [0.29, 0.717) is 5.69 Å². The quantitative estimate of drug-likeness (QED) is 0.698. The zero-order chi connectivity index (χ0) is 10.1. The number of amides is 1. The van der Waals surface area contributed by atoms with Gasteiger partial charge in [-0.15, -0.1) is 0 Å². The van der Waals surface area contributed by atoms with Crippen LogP contribution < -0.4 is 4.90 Å². The van der Waals surface area contributed by atoms with Crippen LogP contribution in [0.25, 0.3) is 0 Å². The fourth-order valence-corrected chi connectivity index (χ4v) is 1.79. The maximum absolute atomic E-state index is 11.6. The van der Waals surface area contributed by atoms with Crippen LogP contribution in [0.3, 0.4) is 0 Å². The van der Waals surface area contributed by atoms with Gasteiger partial charge in [-0.25, -0.2) is 0 Å². The number of nitrogens with zero attached hydrogens (tertiary/aromatic N) is 1. The second-order valence-corrected chi connectivity index (χ2v) is 3.20. The molecule has 0 aliphatic carbocycles. The molecule has 2 rings (SSSR count). The van der Waals surface area contributed by atoms with E-state index < -0.39 is 5.92 Å². The molecular weight excluding hydrogens is 182 g/mol. The molecule has 1 unspecified atom stereocenters. The predicted octanol–water partition coefficient (Wildman–Crippen LogP) is 0.0589. The third-order valence-electron chi connectivity index (χ3n) is 2.49. The minimum Gasteiger partial charge on any atom is -0.395 e. The fourth-order valence-electron chi connectivity index (χ4n) is 1.79. The van der Waals surface area contributed by atoms with Crippen LogP contribution in [0.4, 0.5) is 5.69 Å². The number of fused-ring (bicyclic) bond motifs is 1. The van der Waals surface area contributed by atoms with E-state index in [2.05, 4.69) is 0 Å². The van der Waals surface area contributed by atoms with Gasteiger partial charge in [-0.1, -0.05) is 18.2 Å². The Bertz CT molecular complexity index is 331. The molecule has 2 N–H and O–H groups in total. The van der Waals surface area contributed by atoms with E-state index in [9.17, 15) is 4.79 Å². The van der Waals surface area contributed by atoms with Crippen LogP contribution in [-0.2, 0) is 4.79 Å².